The predicted octanol–water partition coefficient (Wildman–Crippen LogP) is 5.49. The molecule has 0 aliphatic rings. The van der Waals surface area contributed by atoms with Crippen molar-refractivity contribution in [3.8, 4) is 0 Å². The number of halogens is 16. The van der Waals surface area contributed by atoms with Gasteiger partial charge in [-0.1, -0.05) is 0 Å². The van der Waals surface area contributed by atoms with Crippen molar-refractivity contribution in [1.82, 2.24) is 0 Å². The van der Waals surface area contributed by atoms with Crippen molar-refractivity contribution in [2.24, 2.45) is 0 Å². The molecule has 24 heavy (non-hydrogen) atoms. The zero-order valence-corrected chi connectivity index (χ0v) is 10.1. The van der Waals surface area contributed by atoms with E-state index in [4.69, 9.17) is 0 Å². The van der Waals surface area contributed by atoms with Crippen LogP contribution in [0.4, 0.5) is 70.2 Å². The van der Waals surface area contributed by atoms with E-state index >= 15 is 0 Å². The third-order valence-corrected chi connectivity index (χ3v) is 2.51. The standard InChI is InChI=1S/C8HF16/c9-1(10)3(13,14)5(17,18)7(21,22)8(23,24)6(19,20)4(15,16)2(11)12/h1H. The normalized spacial score (nSPS) is 16.2. The van der Waals surface area contributed by atoms with E-state index in [0.29, 0.717) is 0 Å². The molecule has 0 saturated carbocycles. The Morgan fingerprint density at radius 2 is 0.792 bits per heavy atom. The van der Waals surface area contributed by atoms with Crippen molar-refractivity contribution in [1.29, 1.82) is 0 Å². The van der Waals surface area contributed by atoms with E-state index in [1.807, 2.05) is 0 Å². The van der Waals surface area contributed by atoms with Crippen LogP contribution in [0.5, 0.6) is 0 Å². The molecule has 0 rings (SSSR count). The Kier molecular flexibility index (Phi) is 5.44. The van der Waals surface area contributed by atoms with Crippen LogP contribution in [-0.4, -0.2) is 42.0 Å². The highest BCUT2D eigenvalue weighted by Crippen LogP contribution is 2.62. The lowest BCUT2D eigenvalue weighted by Crippen LogP contribution is -2.71. The second-order valence-electron chi connectivity index (χ2n) is 4.06. The molecule has 0 fully saturated rings. The van der Waals surface area contributed by atoms with Crippen LogP contribution < -0.4 is 0 Å². The van der Waals surface area contributed by atoms with Gasteiger partial charge >= 0.3 is 48.4 Å². The summed E-state index contributed by atoms with van der Waals surface area (Å²) < 4.78 is 197. The molecule has 0 saturated heterocycles. The van der Waals surface area contributed by atoms with E-state index in [0.717, 1.165) is 0 Å². The van der Waals surface area contributed by atoms with Gasteiger partial charge in [-0.2, -0.15) is 61.5 Å². The summed E-state index contributed by atoms with van der Waals surface area (Å²) in [5.41, 5.74) is 0. The van der Waals surface area contributed by atoms with Crippen molar-refractivity contribution < 1.29 is 70.2 Å². The van der Waals surface area contributed by atoms with Gasteiger partial charge < -0.3 is 0 Å². The largest absolute Gasteiger partial charge is 0.385 e. The highest BCUT2D eigenvalue weighted by molar-refractivity contribution is 5.14. The molecule has 0 aromatic carbocycles. The quantitative estimate of drug-likeness (QED) is 0.495. The van der Waals surface area contributed by atoms with Crippen molar-refractivity contribution >= 4 is 0 Å². The van der Waals surface area contributed by atoms with Gasteiger partial charge in [0.2, 0.25) is 0 Å². The molecule has 145 valence electrons. The van der Waals surface area contributed by atoms with Crippen molar-refractivity contribution in [3.05, 3.63) is 6.43 Å². The molecule has 0 spiro atoms. The molecule has 0 N–H and O–H groups in total. The van der Waals surface area contributed by atoms with Crippen molar-refractivity contribution in [3.63, 3.8) is 0 Å². The smallest absolute Gasteiger partial charge is 0.203 e. The van der Waals surface area contributed by atoms with Gasteiger partial charge in [-0.25, -0.2) is 8.78 Å². The summed E-state index contributed by atoms with van der Waals surface area (Å²) in [6, 6.07) is 0. The lowest BCUT2D eigenvalue weighted by molar-refractivity contribution is -0.434. The van der Waals surface area contributed by atoms with E-state index in [1.165, 1.54) is 0 Å². The summed E-state index contributed by atoms with van der Waals surface area (Å²) in [4.78, 5) is 0. The first-order valence-corrected chi connectivity index (χ1v) is 4.87. The summed E-state index contributed by atoms with van der Waals surface area (Å²) >= 11 is 0. The van der Waals surface area contributed by atoms with E-state index in [9.17, 15) is 70.2 Å². The Balaban J connectivity index is 6.38. The van der Waals surface area contributed by atoms with Gasteiger partial charge in [0, 0.05) is 0 Å². The Bertz CT molecular complexity index is 405. The van der Waals surface area contributed by atoms with Crippen LogP contribution in [0.2, 0.25) is 0 Å². The topological polar surface area (TPSA) is 0 Å². The minimum Gasteiger partial charge on any atom is -0.203 e. The van der Waals surface area contributed by atoms with Gasteiger partial charge in [-0.3, -0.25) is 0 Å². The van der Waals surface area contributed by atoms with Crippen LogP contribution in [-0.2, 0) is 0 Å². The van der Waals surface area contributed by atoms with Crippen LogP contribution >= 0.6 is 0 Å². The molecule has 0 nitrogen and oxygen atoms in total. The fourth-order valence-corrected chi connectivity index (χ4v) is 1.06. The second kappa shape index (κ2) is 5.71. The Morgan fingerprint density at radius 1 is 0.500 bits per heavy atom. The number of hydrogen-bond donors (Lipinski definition) is 0. The summed E-state index contributed by atoms with van der Waals surface area (Å²) in [6.07, 6.45) is -10.8. The fourth-order valence-electron chi connectivity index (χ4n) is 1.06. The fraction of sp³-hybridized carbons (Fsp3) is 0.875. The van der Waals surface area contributed by atoms with Crippen LogP contribution in [0.1, 0.15) is 0 Å². The molecular weight excluding hydrogens is 400 g/mol. The summed E-state index contributed by atoms with van der Waals surface area (Å²) in [5.74, 6) is -47.5. The van der Waals surface area contributed by atoms with Gasteiger partial charge in [-0.05, 0) is 0 Å². The number of rotatable bonds is 7. The van der Waals surface area contributed by atoms with Crippen LogP contribution in [0.25, 0.3) is 0 Å². The monoisotopic (exact) mass is 401 g/mol. The Labute approximate surface area is 120 Å². The van der Waals surface area contributed by atoms with Gasteiger partial charge in [0.25, 0.3) is 0 Å². The maximum Gasteiger partial charge on any atom is 0.385 e. The molecule has 0 aliphatic carbocycles. The molecular formula is C8HF16. The van der Waals surface area contributed by atoms with E-state index in [-0.39, 0.29) is 0 Å². The van der Waals surface area contributed by atoms with E-state index in [1.54, 1.807) is 0 Å². The van der Waals surface area contributed by atoms with Crippen molar-refractivity contribution in [2.45, 2.75) is 42.0 Å². The first-order valence-electron chi connectivity index (χ1n) is 4.87. The molecule has 1 radical (unpaired) electrons. The third kappa shape index (κ3) is 2.64. The maximum absolute atomic E-state index is 12.7. The molecule has 0 heterocycles. The van der Waals surface area contributed by atoms with Gasteiger partial charge in [0.15, 0.2) is 0 Å². The predicted molar refractivity (Wildman–Crippen MR) is 41.1 cm³/mol. The van der Waals surface area contributed by atoms with Crippen molar-refractivity contribution in [2.75, 3.05) is 0 Å². The summed E-state index contributed by atoms with van der Waals surface area (Å²) in [6.45, 7) is 0. The molecule has 0 aromatic heterocycles. The molecule has 0 aliphatic heterocycles. The summed E-state index contributed by atoms with van der Waals surface area (Å²) in [7, 11) is 0. The average molecular weight is 401 g/mol. The Hall–Kier alpha value is -1.12. The minimum absolute atomic E-state index is 4.95. The van der Waals surface area contributed by atoms with E-state index < -0.39 is 48.4 Å². The number of alkyl halides is 14. The highest BCUT2D eigenvalue weighted by atomic mass is 19.4. The highest BCUT2D eigenvalue weighted by Gasteiger charge is 2.92. The van der Waals surface area contributed by atoms with Crippen LogP contribution in [0.15, 0.2) is 0 Å². The zero-order valence-electron chi connectivity index (χ0n) is 10.1. The third-order valence-electron chi connectivity index (χ3n) is 2.51. The molecule has 16 heteroatoms. The van der Waals surface area contributed by atoms with Gasteiger partial charge in [0.1, 0.15) is 0 Å². The molecule has 0 aromatic rings. The van der Waals surface area contributed by atoms with Gasteiger partial charge in [0.05, 0.1) is 0 Å². The SMILES string of the molecule is F[C](F)C(F)(F)C(F)(F)C(F)(F)C(F)(F)C(F)(F)C(F)(F)C(F)F. The molecule has 0 bridgehead atoms. The van der Waals surface area contributed by atoms with E-state index in [2.05, 4.69) is 0 Å². The average Bonchev–Trinajstić information content (AvgIpc) is 2.36. The minimum atomic E-state index is -8.30. The lowest BCUT2D eigenvalue weighted by Gasteiger charge is -2.40. The maximum atomic E-state index is 12.7. The zero-order chi connectivity index (χ0) is 20.2. The lowest BCUT2D eigenvalue weighted by atomic mass is 9.91. The van der Waals surface area contributed by atoms with Crippen LogP contribution in [0, 0.1) is 6.43 Å². The molecule has 0 unspecified atom stereocenters. The van der Waals surface area contributed by atoms with Gasteiger partial charge in [-0.15, -0.1) is 0 Å². The molecule has 0 atom stereocenters. The van der Waals surface area contributed by atoms with Crippen LogP contribution in [0.3, 0.4) is 0 Å². The first kappa shape index (κ1) is 22.9. The number of hydrogen-bond acceptors (Lipinski definition) is 0. The Morgan fingerprint density at radius 3 is 1.04 bits per heavy atom. The summed E-state index contributed by atoms with van der Waals surface area (Å²) in [5, 5.41) is 0. The first-order chi connectivity index (χ1) is 10.1. The molecule has 0 amide bonds. The second-order valence-corrected chi connectivity index (χ2v) is 4.06.